The van der Waals surface area contributed by atoms with Crippen LogP contribution in [0.1, 0.15) is 37.0 Å². The number of carboxylic acid groups (broad SMARTS) is 1. The minimum atomic E-state index is -1.06. The summed E-state index contributed by atoms with van der Waals surface area (Å²) in [5.41, 5.74) is -0.801. The van der Waals surface area contributed by atoms with Gasteiger partial charge in [-0.3, -0.25) is 19.7 Å². The van der Waals surface area contributed by atoms with E-state index in [2.05, 4.69) is 5.32 Å². The van der Waals surface area contributed by atoms with Crippen LogP contribution < -0.4 is 10.2 Å². The third-order valence-corrected chi connectivity index (χ3v) is 5.18. The van der Waals surface area contributed by atoms with E-state index in [1.165, 1.54) is 18.2 Å². The summed E-state index contributed by atoms with van der Waals surface area (Å²) in [4.78, 5) is 37.2. The summed E-state index contributed by atoms with van der Waals surface area (Å²) < 4.78 is 5.29. The number of rotatable bonds is 8. The van der Waals surface area contributed by atoms with Crippen LogP contribution in [0.4, 0.5) is 11.4 Å². The molecule has 0 atom stereocenters. The Morgan fingerprint density at radius 1 is 1.30 bits per heavy atom. The Hall–Kier alpha value is -2.68. The molecule has 2 N–H and O–H groups in total. The minimum Gasteiger partial charge on any atom is -0.481 e. The molecule has 0 bridgehead atoms. The first kappa shape index (κ1) is 20.6. The lowest BCUT2D eigenvalue weighted by Gasteiger charge is -2.30. The summed E-state index contributed by atoms with van der Waals surface area (Å²) in [5, 5.41) is 23.7. The van der Waals surface area contributed by atoms with E-state index < -0.39 is 22.2 Å². The number of anilines is 1. The van der Waals surface area contributed by atoms with Crippen LogP contribution >= 0.6 is 0 Å². The Morgan fingerprint density at radius 3 is 2.44 bits per heavy atom. The molecule has 2 rings (SSSR count). The second-order valence-corrected chi connectivity index (χ2v) is 6.51. The first-order valence-electron chi connectivity index (χ1n) is 8.98. The number of nitro benzene ring substituents is 1. The number of hydrogen-bond acceptors (Lipinski definition) is 6. The van der Waals surface area contributed by atoms with E-state index in [0.717, 1.165) is 0 Å². The van der Waals surface area contributed by atoms with E-state index in [0.29, 0.717) is 39.1 Å². The van der Waals surface area contributed by atoms with Gasteiger partial charge in [-0.2, -0.15) is 0 Å². The number of nitro groups is 1. The van der Waals surface area contributed by atoms with Gasteiger partial charge >= 0.3 is 5.97 Å². The fourth-order valence-electron chi connectivity index (χ4n) is 3.20. The molecule has 1 aromatic carbocycles. The van der Waals surface area contributed by atoms with E-state index in [1.807, 2.05) is 0 Å². The largest absolute Gasteiger partial charge is 0.481 e. The van der Waals surface area contributed by atoms with Crippen LogP contribution in [0, 0.1) is 15.5 Å². The van der Waals surface area contributed by atoms with Gasteiger partial charge in [0, 0.05) is 25.7 Å². The molecular formula is C18H25N3O6. The Bertz CT molecular complexity index is 711. The number of para-hydroxylation sites is 1. The monoisotopic (exact) mass is 379 g/mol. The quantitative estimate of drug-likeness (QED) is 0.523. The third kappa shape index (κ3) is 4.36. The number of carboxylic acids is 1. The number of amides is 1. The maximum Gasteiger partial charge on any atom is 0.311 e. The molecule has 1 fully saturated rings. The highest BCUT2D eigenvalue weighted by Gasteiger charge is 2.36. The van der Waals surface area contributed by atoms with Crippen molar-refractivity contribution in [2.75, 3.05) is 37.7 Å². The van der Waals surface area contributed by atoms with Crippen LogP contribution in [-0.4, -0.2) is 54.8 Å². The smallest absolute Gasteiger partial charge is 0.311 e. The van der Waals surface area contributed by atoms with E-state index in [1.54, 1.807) is 18.7 Å². The summed E-state index contributed by atoms with van der Waals surface area (Å²) in [6.07, 6.45) is 0.731. The van der Waals surface area contributed by atoms with Crippen LogP contribution in [0.3, 0.4) is 0 Å². The van der Waals surface area contributed by atoms with Gasteiger partial charge in [0.2, 0.25) is 0 Å². The molecule has 1 aromatic rings. The summed E-state index contributed by atoms with van der Waals surface area (Å²) in [5.74, 6) is -1.49. The van der Waals surface area contributed by atoms with Gasteiger partial charge in [0.25, 0.3) is 11.6 Å². The zero-order valence-corrected chi connectivity index (χ0v) is 15.6. The summed E-state index contributed by atoms with van der Waals surface area (Å²) in [6, 6.07) is 4.34. The van der Waals surface area contributed by atoms with Crippen LogP contribution in [0.25, 0.3) is 0 Å². The van der Waals surface area contributed by atoms with Gasteiger partial charge in [-0.1, -0.05) is 19.9 Å². The third-order valence-electron chi connectivity index (χ3n) is 5.18. The van der Waals surface area contributed by atoms with Crippen molar-refractivity contribution in [3.05, 3.63) is 33.9 Å². The zero-order valence-electron chi connectivity index (χ0n) is 15.6. The number of aliphatic carboxylic acids is 1. The molecule has 0 radical (unpaired) electrons. The average Bonchev–Trinajstić information content (AvgIpc) is 2.68. The Kier molecular flexibility index (Phi) is 6.73. The normalized spacial score (nSPS) is 14.7. The predicted octanol–water partition coefficient (Wildman–Crippen LogP) is 2.05. The van der Waals surface area contributed by atoms with Crippen molar-refractivity contribution in [3.8, 4) is 0 Å². The maximum absolute atomic E-state index is 12.8. The molecule has 9 heteroatoms. The first-order valence-corrected chi connectivity index (χ1v) is 8.98. The minimum absolute atomic E-state index is 0.0423. The lowest BCUT2D eigenvalue weighted by Crippen LogP contribution is -2.43. The van der Waals surface area contributed by atoms with Crippen molar-refractivity contribution < 1.29 is 24.4 Å². The molecule has 1 aliphatic heterocycles. The molecule has 1 heterocycles. The second-order valence-electron chi connectivity index (χ2n) is 6.51. The molecule has 0 unspecified atom stereocenters. The van der Waals surface area contributed by atoms with Gasteiger partial charge in [0.15, 0.2) is 0 Å². The van der Waals surface area contributed by atoms with Gasteiger partial charge < -0.3 is 20.1 Å². The molecular weight excluding hydrogens is 354 g/mol. The molecule has 0 aromatic heterocycles. The van der Waals surface area contributed by atoms with Crippen molar-refractivity contribution in [3.63, 3.8) is 0 Å². The van der Waals surface area contributed by atoms with Crippen LogP contribution in [0.15, 0.2) is 18.2 Å². The number of morpholine rings is 1. The number of hydrogen-bond donors (Lipinski definition) is 2. The van der Waals surface area contributed by atoms with Crippen LogP contribution in [0.5, 0.6) is 0 Å². The Morgan fingerprint density at radius 2 is 1.93 bits per heavy atom. The molecule has 148 valence electrons. The van der Waals surface area contributed by atoms with E-state index in [4.69, 9.17) is 4.74 Å². The molecule has 1 aliphatic rings. The summed E-state index contributed by atoms with van der Waals surface area (Å²) in [7, 11) is 0. The lowest BCUT2D eigenvalue weighted by molar-refractivity contribution is -0.384. The highest BCUT2D eigenvalue weighted by molar-refractivity contribution is 6.02. The number of carbonyl (C=O) groups excluding carboxylic acids is 1. The zero-order chi connectivity index (χ0) is 20.0. The SMILES string of the molecule is CCC(CC)(CNC(=O)c1cccc([N+](=O)[O-])c1N1CCOCC1)C(=O)O. The van der Waals surface area contributed by atoms with Crippen molar-refractivity contribution in [1.29, 1.82) is 0 Å². The molecule has 0 saturated carbocycles. The average molecular weight is 379 g/mol. The maximum atomic E-state index is 12.8. The number of ether oxygens (including phenoxy) is 1. The molecule has 1 saturated heterocycles. The highest BCUT2D eigenvalue weighted by Crippen LogP contribution is 2.33. The Labute approximate surface area is 157 Å². The highest BCUT2D eigenvalue weighted by atomic mass is 16.6. The van der Waals surface area contributed by atoms with E-state index in [-0.39, 0.29) is 23.5 Å². The number of benzene rings is 1. The van der Waals surface area contributed by atoms with Gasteiger partial charge in [-0.05, 0) is 18.9 Å². The van der Waals surface area contributed by atoms with E-state index >= 15 is 0 Å². The van der Waals surface area contributed by atoms with Gasteiger partial charge in [0.05, 0.1) is 29.1 Å². The molecule has 9 nitrogen and oxygen atoms in total. The molecule has 0 aliphatic carbocycles. The van der Waals surface area contributed by atoms with Gasteiger partial charge in [-0.25, -0.2) is 0 Å². The topological polar surface area (TPSA) is 122 Å². The van der Waals surface area contributed by atoms with Crippen molar-refractivity contribution in [2.24, 2.45) is 5.41 Å². The molecule has 0 spiro atoms. The fraction of sp³-hybridized carbons (Fsp3) is 0.556. The van der Waals surface area contributed by atoms with Crippen molar-refractivity contribution in [1.82, 2.24) is 5.32 Å². The second kappa shape index (κ2) is 8.81. The summed E-state index contributed by atoms with van der Waals surface area (Å²) >= 11 is 0. The van der Waals surface area contributed by atoms with Crippen LogP contribution in [0.2, 0.25) is 0 Å². The molecule has 27 heavy (non-hydrogen) atoms. The lowest BCUT2D eigenvalue weighted by atomic mass is 9.82. The number of nitrogens with zero attached hydrogens (tertiary/aromatic N) is 2. The summed E-state index contributed by atoms with van der Waals surface area (Å²) in [6.45, 7) is 5.19. The number of nitrogens with one attached hydrogen (secondary N) is 1. The van der Waals surface area contributed by atoms with Crippen molar-refractivity contribution in [2.45, 2.75) is 26.7 Å². The fourth-order valence-corrected chi connectivity index (χ4v) is 3.20. The van der Waals surface area contributed by atoms with E-state index in [9.17, 15) is 24.8 Å². The molecule has 1 amide bonds. The van der Waals surface area contributed by atoms with Gasteiger partial charge in [0.1, 0.15) is 5.69 Å². The van der Waals surface area contributed by atoms with Gasteiger partial charge in [-0.15, -0.1) is 0 Å². The standard InChI is InChI=1S/C18H25N3O6/c1-3-18(4-2,17(23)24)12-19-16(22)13-6-5-7-14(21(25)26)15(13)20-8-10-27-11-9-20/h5-7H,3-4,8-12H2,1-2H3,(H,19,22)(H,23,24). The Balaban J connectivity index is 2.33. The first-order chi connectivity index (χ1) is 12.9. The number of carbonyl (C=O) groups is 2. The van der Waals surface area contributed by atoms with Crippen molar-refractivity contribution >= 4 is 23.3 Å². The van der Waals surface area contributed by atoms with Crippen LogP contribution in [-0.2, 0) is 9.53 Å². The predicted molar refractivity (Wildman–Crippen MR) is 99.1 cm³/mol.